The predicted molar refractivity (Wildman–Crippen MR) is 46.7 cm³/mol. The van der Waals surface area contributed by atoms with E-state index in [-0.39, 0.29) is 19.8 Å². The SMILES string of the molecule is C=CCOC(=O)NCCOC(=O)Cl. The third-order valence-electron chi connectivity index (χ3n) is 0.919. The standard InChI is InChI=1S/C7H10ClNO4/c1-2-4-13-7(11)9-3-5-12-6(8)10/h2H,1,3-5H2,(H,9,11). The van der Waals surface area contributed by atoms with Crippen molar-refractivity contribution in [3.63, 3.8) is 0 Å². The number of halogens is 1. The zero-order chi connectivity index (χ0) is 10.1. The average Bonchev–Trinajstić information content (AvgIpc) is 2.08. The average molecular weight is 208 g/mol. The Bertz CT molecular complexity index is 195. The minimum absolute atomic E-state index is 0.0194. The minimum Gasteiger partial charge on any atom is -0.452 e. The van der Waals surface area contributed by atoms with E-state index < -0.39 is 11.5 Å². The topological polar surface area (TPSA) is 64.6 Å². The predicted octanol–water partition coefficient (Wildman–Crippen LogP) is 1.27. The first-order chi connectivity index (χ1) is 6.16. The summed E-state index contributed by atoms with van der Waals surface area (Å²) < 4.78 is 8.89. The second-order valence-electron chi connectivity index (χ2n) is 1.90. The fourth-order valence-electron chi connectivity index (χ4n) is 0.470. The molecule has 1 N–H and O–H groups in total. The smallest absolute Gasteiger partial charge is 0.407 e. The van der Waals surface area contributed by atoms with E-state index in [9.17, 15) is 9.59 Å². The number of rotatable bonds is 5. The number of carbonyl (C=O) groups excluding carboxylic acids is 2. The van der Waals surface area contributed by atoms with Crippen molar-refractivity contribution in [3.05, 3.63) is 12.7 Å². The van der Waals surface area contributed by atoms with E-state index in [0.717, 1.165) is 0 Å². The summed E-state index contributed by atoms with van der Waals surface area (Å²) in [6.07, 6.45) is 0.851. The Morgan fingerprint density at radius 2 is 2.15 bits per heavy atom. The summed E-state index contributed by atoms with van der Waals surface area (Å²) in [5, 5.41) is 2.33. The van der Waals surface area contributed by atoms with Crippen LogP contribution in [0.2, 0.25) is 0 Å². The van der Waals surface area contributed by atoms with E-state index in [4.69, 9.17) is 11.6 Å². The van der Waals surface area contributed by atoms with Gasteiger partial charge in [0.05, 0.1) is 6.54 Å². The molecular formula is C7H10ClNO4. The molecule has 0 aliphatic rings. The van der Waals surface area contributed by atoms with E-state index in [0.29, 0.717) is 0 Å². The number of ether oxygens (including phenoxy) is 2. The van der Waals surface area contributed by atoms with Gasteiger partial charge in [0.2, 0.25) is 0 Å². The van der Waals surface area contributed by atoms with Crippen LogP contribution in [0.3, 0.4) is 0 Å². The lowest BCUT2D eigenvalue weighted by Gasteiger charge is -2.04. The summed E-state index contributed by atoms with van der Waals surface area (Å²) in [5.41, 5.74) is -0.902. The molecule has 0 heterocycles. The normalized spacial score (nSPS) is 8.69. The van der Waals surface area contributed by atoms with Gasteiger partial charge in [-0.15, -0.1) is 0 Å². The first-order valence-corrected chi connectivity index (χ1v) is 3.88. The number of alkyl carbamates (subject to hydrolysis) is 1. The Hall–Kier alpha value is -1.23. The molecule has 13 heavy (non-hydrogen) atoms. The Labute approximate surface area is 80.6 Å². The highest BCUT2D eigenvalue weighted by molar-refractivity contribution is 6.61. The maximum atomic E-state index is 10.7. The van der Waals surface area contributed by atoms with Gasteiger partial charge in [0.15, 0.2) is 0 Å². The number of hydrogen-bond acceptors (Lipinski definition) is 4. The quantitative estimate of drug-likeness (QED) is 0.419. The number of hydrogen-bond donors (Lipinski definition) is 1. The zero-order valence-electron chi connectivity index (χ0n) is 6.92. The molecule has 0 atom stereocenters. The van der Waals surface area contributed by atoms with Crippen LogP contribution in [0.5, 0.6) is 0 Å². The molecule has 0 saturated heterocycles. The molecule has 0 unspecified atom stereocenters. The van der Waals surface area contributed by atoms with E-state index in [1.807, 2.05) is 0 Å². The lowest BCUT2D eigenvalue weighted by atomic mass is 10.7. The Morgan fingerprint density at radius 1 is 1.46 bits per heavy atom. The van der Waals surface area contributed by atoms with Crippen molar-refractivity contribution in [1.82, 2.24) is 5.32 Å². The highest BCUT2D eigenvalue weighted by atomic mass is 35.5. The van der Waals surface area contributed by atoms with Gasteiger partial charge in [0, 0.05) is 11.6 Å². The lowest BCUT2D eigenvalue weighted by molar-refractivity contribution is 0.149. The molecule has 0 fully saturated rings. The van der Waals surface area contributed by atoms with Gasteiger partial charge in [-0.05, 0) is 0 Å². The monoisotopic (exact) mass is 207 g/mol. The third kappa shape index (κ3) is 8.68. The van der Waals surface area contributed by atoms with Crippen LogP contribution in [0.4, 0.5) is 9.59 Å². The van der Waals surface area contributed by atoms with Crippen molar-refractivity contribution in [2.75, 3.05) is 19.8 Å². The van der Waals surface area contributed by atoms with Crippen LogP contribution in [0.15, 0.2) is 12.7 Å². The largest absolute Gasteiger partial charge is 0.452 e. The van der Waals surface area contributed by atoms with Crippen LogP contribution in [0.25, 0.3) is 0 Å². The van der Waals surface area contributed by atoms with Gasteiger partial charge in [-0.3, -0.25) is 0 Å². The molecule has 0 rings (SSSR count). The van der Waals surface area contributed by atoms with Crippen LogP contribution in [-0.4, -0.2) is 31.3 Å². The fraction of sp³-hybridized carbons (Fsp3) is 0.429. The van der Waals surface area contributed by atoms with Gasteiger partial charge in [-0.25, -0.2) is 9.59 Å². The number of amides is 1. The molecule has 0 bridgehead atoms. The molecule has 6 heteroatoms. The van der Waals surface area contributed by atoms with Crippen LogP contribution in [0.1, 0.15) is 0 Å². The lowest BCUT2D eigenvalue weighted by Crippen LogP contribution is -2.28. The highest BCUT2D eigenvalue weighted by Gasteiger charge is 1.99. The van der Waals surface area contributed by atoms with Crippen molar-refractivity contribution < 1.29 is 19.1 Å². The first-order valence-electron chi connectivity index (χ1n) is 3.50. The van der Waals surface area contributed by atoms with Crippen LogP contribution < -0.4 is 5.32 Å². The summed E-state index contributed by atoms with van der Waals surface area (Å²) in [6.45, 7) is 3.68. The van der Waals surface area contributed by atoms with Gasteiger partial charge in [0.25, 0.3) is 0 Å². The molecule has 0 aliphatic carbocycles. The van der Waals surface area contributed by atoms with Gasteiger partial charge in [-0.1, -0.05) is 12.7 Å². The maximum absolute atomic E-state index is 10.7. The van der Waals surface area contributed by atoms with Crippen molar-refractivity contribution in [2.24, 2.45) is 0 Å². The fourth-order valence-corrected chi connectivity index (χ4v) is 0.547. The Balaban J connectivity index is 3.26. The van der Waals surface area contributed by atoms with Crippen molar-refractivity contribution in [2.45, 2.75) is 0 Å². The molecule has 0 saturated carbocycles. The van der Waals surface area contributed by atoms with E-state index in [2.05, 4.69) is 21.4 Å². The second kappa shape index (κ2) is 7.42. The van der Waals surface area contributed by atoms with Gasteiger partial charge >= 0.3 is 11.5 Å². The van der Waals surface area contributed by atoms with Crippen LogP contribution >= 0.6 is 11.6 Å². The number of carbonyl (C=O) groups is 2. The summed E-state index contributed by atoms with van der Waals surface area (Å²) in [5.74, 6) is 0. The zero-order valence-corrected chi connectivity index (χ0v) is 7.67. The second-order valence-corrected chi connectivity index (χ2v) is 2.21. The molecule has 74 valence electrons. The van der Waals surface area contributed by atoms with Gasteiger partial charge in [-0.2, -0.15) is 0 Å². The molecule has 0 radical (unpaired) electrons. The Kier molecular flexibility index (Phi) is 6.72. The molecule has 5 nitrogen and oxygen atoms in total. The molecule has 0 aromatic rings. The van der Waals surface area contributed by atoms with Crippen molar-refractivity contribution in [3.8, 4) is 0 Å². The van der Waals surface area contributed by atoms with E-state index in [1.165, 1.54) is 6.08 Å². The molecular weight excluding hydrogens is 198 g/mol. The number of nitrogens with one attached hydrogen (secondary N) is 1. The summed E-state index contributed by atoms with van der Waals surface area (Å²) in [6, 6.07) is 0. The summed E-state index contributed by atoms with van der Waals surface area (Å²) in [4.78, 5) is 20.7. The van der Waals surface area contributed by atoms with E-state index >= 15 is 0 Å². The third-order valence-corrected chi connectivity index (χ3v) is 1.03. The Morgan fingerprint density at radius 3 is 2.69 bits per heavy atom. The van der Waals surface area contributed by atoms with Crippen LogP contribution in [0, 0.1) is 0 Å². The first kappa shape index (κ1) is 11.8. The van der Waals surface area contributed by atoms with E-state index in [1.54, 1.807) is 0 Å². The summed E-state index contributed by atoms with van der Waals surface area (Å²) >= 11 is 4.86. The molecule has 0 spiro atoms. The van der Waals surface area contributed by atoms with Gasteiger partial charge in [0.1, 0.15) is 13.2 Å². The van der Waals surface area contributed by atoms with Crippen molar-refractivity contribution in [1.29, 1.82) is 0 Å². The molecule has 1 amide bonds. The maximum Gasteiger partial charge on any atom is 0.407 e. The van der Waals surface area contributed by atoms with Gasteiger partial charge < -0.3 is 14.8 Å². The minimum atomic E-state index is -0.902. The summed E-state index contributed by atoms with van der Waals surface area (Å²) in [7, 11) is 0. The highest BCUT2D eigenvalue weighted by Crippen LogP contribution is 1.85. The molecule has 0 aliphatic heterocycles. The van der Waals surface area contributed by atoms with Crippen molar-refractivity contribution >= 4 is 23.1 Å². The molecule has 0 aromatic carbocycles. The molecule has 0 aromatic heterocycles. The van der Waals surface area contributed by atoms with Crippen LogP contribution in [-0.2, 0) is 9.47 Å².